The van der Waals surface area contributed by atoms with Crippen LogP contribution in [0.1, 0.15) is 0 Å². The minimum Gasteiger partial charge on any atom is -0.455 e. The van der Waals surface area contributed by atoms with Gasteiger partial charge >= 0.3 is 0 Å². The molecule has 0 bridgehead atoms. The Morgan fingerprint density at radius 2 is 1.04 bits per heavy atom. The van der Waals surface area contributed by atoms with Crippen molar-refractivity contribution in [3.05, 3.63) is 158 Å². The molecule has 0 aliphatic heterocycles. The highest BCUT2D eigenvalue weighted by molar-refractivity contribution is 7.25. The highest BCUT2D eigenvalue weighted by Gasteiger charge is 2.20. The molecule has 11 rings (SSSR count). The van der Waals surface area contributed by atoms with Gasteiger partial charge in [0, 0.05) is 58.7 Å². The molecular weight excluding hydrogens is 645 g/mol. The third-order valence-corrected chi connectivity index (χ3v) is 11.0. The third-order valence-electron chi connectivity index (χ3n) is 9.85. The van der Waals surface area contributed by atoms with Crippen LogP contribution in [0.25, 0.3) is 104 Å². The molecule has 11 aromatic rings. The Kier molecular flexibility index (Phi) is 6.05. The van der Waals surface area contributed by atoms with E-state index in [2.05, 4.69) is 132 Å². The number of rotatable bonds is 4. The number of furan rings is 1. The number of para-hydroxylation sites is 2. The van der Waals surface area contributed by atoms with Crippen LogP contribution in [0.5, 0.6) is 0 Å². The molecule has 4 heterocycles. The van der Waals surface area contributed by atoms with E-state index in [4.69, 9.17) is 19.4 Å². The average molecular weight is 671 g/mol. The monoisotopic (exact) mass is 670 g/mol. The summed E-state index contributed by atoms with van der Waals surface area (Å²) in [5.41, 5.74) is 7.81. The molecule has 0 N–H and O–H groups in total. The topological polar surface area (TPSA) is 56.7 Å². The normalized spacial score (nSPS) is 11.9. The number of benzene rings is 7. The number of aromatic nitrogens is 4. The number of fused-ring (bicyclic) bond motifs is 10. The maximum atomic E-state index is 6.81. The molecule has 51 heavy (non-hydrogen) atoms. The van der Waals surface area contributed by atoms with Gasteiger partial charge in [-0.05, 0) is 54.6 Å². The van der Waals surface area contributed by atoms with Gasteiger partial charge in [-0.3, -0.25) is 0 Å². The fraction of sp³-hybridized carbons (Fsp3) is 0. The molecule has 0 unspecified atom stereocenters. The molecule has 0 aliphatic carbocycles. The maximum Gasteiger partial charge on any atom is 0.164 e. The number of hydrogen-bond acceptors (Lipinski definition) is 5. The van der Waals surface area contributed by atoms with E-state index in [1.807, 2.05) is 30.3 Å². The lowest BCUT2D eigenvalue weighted by molar-refractivity contribution is 0.673. The Labute approximate surface area is 295 Å². The standard InChI is InChI=1S/C45H26N4OS/c1-3-11-27(12-4-1)43-46-44(48-45(47-43)29-20-22-33-32-15-8-10-18-39(32)51-40(33)26-29)28-19-21-31-34-23-24-37-41(42(34)50-38(31)25-28)35-16-7-9-17-36(35)49(37)30-13-5-2-6-14-30/h1-26H. The molecule has 0 fully saturated rings. The molecule has 0 saturated carbocycles. The Hall–Kier alpha value is -6.63. The summed E-state index contributed by atoms with van der Waals surface area (Å²) in [4.78, 5) is 15.1. The lowest BCUT2D eigenvalue weighted by Gasteiger charge is -2.08. The van der Waals surface area contributed by atoms with Crippen LogP contribution in [0.4, 0.5) is 0 Å². The van der Waals surface area contributed by atoms with E-state index in [0.717, 1.165) is 66.1 Å². The zero-order valence-corrected chi connectivity index (χ0v) is 27.9. The van der Waals surface area contributed by atoms with Crippen molar-refractivity contribution in [3.63, 3.8) is 0 Å². The Morgan fingerprint density at radius 3 is 1.84 bits per heavy atom. The van der Waals surface area contributed by atoms with Crippen molar-refractivity contribution in [1.29, 1.82) is 0 Å². The molecule has 0 radical (unpaired) electrons. The molecule has 238 valence electrons. The molecule has 7 aromatic carbocycles. The lowest BCUT2D eigenvalue weighted by atomic mass is 10.1. The van der Waals surface area contributed by atoms with Gasteiger partial charge in [0.25, 0.3) is 0 Å². The quantitative estimate of drug-likeness (QED) is 0.187. The second-order valence-electron chi connectivity index (χ2n) is 12.8. The van der Waals surface area contributed by atoms with E-state index in [9.17, 15) is 0 Å². The predicted molar refractivity (Wildman–Crippen MR) is 211 cm³/mol. The van der Waals surface area contributed by atoms with Gasteiger partial charge in [0.05, 0.1) is 16.4 Å². The van der Waals surface area contributed by atoms with E-state index < -0.39 is 0 Å². The Morgan fingerprint density at radius 1 is 0.431 bits per heavy atom. The molecule has 0 atom stereocenters. The molecule has 4 aromatic heterocycles. The summed E-state index contributed by atoms with van der Waals surface area (Å²) < 4.78 is 11.6. The zero-order chi connectivity index (χ0) is 33.5. The molecule has 0 amide bonds. The first kappa shape index (κ1) is 28.2. The highest BCUT2D eigenvalue weighted by atomic mass is 32.1. The SMILES string of the molecule is c1ccc(-c2nc(-c3ccc4c(c3)oc3c4ccc4c3c3ccccc3n4-c3ccccc3)nc(-c3ccc4c(c3)sc3ccccc34)n2)cc1. The summed E-state index contributed by atoms with van der Waals surface area (Å²) in [6.45, 7) is 0. The molecule has 0 spiro atoms. The summed E-state index contributed by atoms with van der Waals surface area (Å²) >= 11 is 1.79. The van der Waals surface area contributed by atoms with Crippen molar-refractivity contribution >= 4 is 75.3 Å². The molecule has 0 aliphatic rings. The summed E-state index contributed by atoms with van der Waals surface area (Å²) in [5, 5.41) is 6.92. The van der Waals surface area contributed by atoms with E-state index in [1.165, 1.54) is 20.2 Å². The van der Waals surface area contributed by atoms with Gasteiger partial charge in [-0.25, -0.2) is 15.0 Å². The van der Waals surface area contributed by atoms with Crippen molar-refractivity contribution in [2.24, 2.45) is 0 Å². The second kappa shape index (κ2) is 10.9. The fourth-order valence-electron chi connectivity index (χ4n) is 7.50. The van der Waals surface area contributed by atoms with Gasteiger partial charge < -0.3 is 8.98 Å². The van der Waals surface area contributed by atoms with Crippen LogP contribution in [0.15, 0.2) is 162 Å². The summed E-state index contributed by atoms with van der Waals surface area (Å²) in [5.74, 6) is 1.87. The van der Waals surface area contributed by atoms with Gasteiger partial charge in [-0.1, -0.05) is 103 Å². The molecule has 0 saturated heterocycles. The fourth-order valence-corrected chi connectivity index (χ4v) is 8.64. The first-order valence-corrected chi connectivity index (χ1v) is 17.8. The van der Waals surface area contributed by atoms with Crippen molar-refractivity contribution in [2.45, 2.75) is 0 Å². The van der Waals surface area contributed by atoms with Crippen LogP contribution in [0, 0.1) is 0 Å². The van der Waals surface area contributed by atoms with Crippen molar-refractivity contribution in [1.82, 2.24) is 19.5 Å². The minimum atomic E-state index is 0.600. The minimum absolute atomic E-state index is 0.600. The lowest BCUT2D eigenvalue weighted by Crippen LogP contribution is -2.00. The zero-order valence-electron chi connectivity index (χ0n) is 27.1. The van der Waals surface area contributed by atoms with Gasteiger partial charge in [0.15, 0.2) is 17.5 Å². The Bertz CT molecular complexity index is 3140. The van der Waals surface area contributed by atoms with Crippen molar-refractivity contribution < 1.29 is 4.42 Å². The molecule has 6 heteroatoms. The summed E-state index contributed by atoms with van der Waals surface area (Å²) in [6.07, 6.45) is 0. The van der Waals surface area contributed by atoms with Crippen molar-refractivity contribution in [2.75, 3.05) is 0 Å². The average Bonchev–Trinajstić information content (AvgIpc) is 3.87. The van der Waals surface area contributed by atoms with Gasteiger partial charge in [-0.15, -0.1) is 11.3 Å². The van der Waals surface area contributed by atoms with E-state index in [-0.39, 0.29) is 0 Å². The second-order valence-corrected chi connectivity index (χ2v) is 13.9. The van der Waals surface area contributed by atoms with Crippen molar-refractivity contribution in [3.8, 4) is 39.9 Å². The summed E-state index contributed by atoms with van der Waals surface area (Å²) in [6, 6.07) is 54.9. The highest BCUT2D eigenvalue weighted by Crippen LogP contribution is 2.42. The molecule has 5 nitrogen and oxygen atoms in total. The van der Waals surface area contributed by atoms with Crippen LogP contribution in [-0.4, -0.2) is 19.5 Å². The van der Waals surface area contributed by atoms with Crippen LogP contribution in [-0.2, 0) is 0 Å². The first-order chi connectivity index (χ1) is 25.3. The Balaban J connectivity index is 1.10. The molecular formula is C45H26N4OS. The van der Waals surface area contributed by atoms with E-state index >= 15 is 0 Å². The summed E-state index contributed by atoms with van der Waals surface area (Å²) in [7, 11) is 0. The van der Waals surface area contributed by atoms with Crippen LogP contribution in [0.2, 0.25) is 0 Å². The van der Waals surface area contributed by atoms with Crippen LogP contribution in [0.3, 0.4) is 0 Å². The van der Waals surface area contributed by atoms with Gasteiger partial charge in [-0.2, -0.15) is 0 Å². The first-order valence-electron chi connectivity index (χ1n) is 16.9. The van der Waals surface area contributed by atoms with E-state index in [0.29, 0.717) is 17.5 Å². The van der Waals surface area contributed by atoms with Gasteiger partial charge in [0.1, 0.15) is 11.2 Å². The van der Waals surface area contributed by atoms with Crippen LogP contribution >= 0.6 is 11.3 Å². The van der Waals surface area contributed by atoms with Crippen LogP contribution < -0.4 is 0 Å². The van der Waals surface area contributed by atoms with E-state index in [1.54, 1.807) is 11.3 Å². The van der Waals surface area contributed by atoms with Gasteiger partial charge in [0.2, 0.25) is 0 Å². The predicted octanol–water partition coefficient (Wildman–Crippen LogP) is 12.2. The smallest absolute Gasteiger partial charge is 0.164 e. The number of thiophene rings is 1. The maximum absolute atomic E-state index is 6.81. The number of hydrogen-bond donors (Lipinski definition) is 0. The number of nitrogens with zero attached hydrogens (tertiary/aromatic N) is 4. The largest absolute Gasteiger partial charge is 0.455 e. The third kappa shape index (κ3) is 4.37.